The fraction of sp³-hybridized carbons (Fsp3) is 0.300. The lowest BCUT2D eigenvalue weighted by Gasteiger charge is -2.25. The molecular weight excluding hydrogens is 392 g/mol. The molecular formula is C20H24N4O4S. The Labute approximate surface area is 170 Å². The first-order valence-corrected chi connectivity index (χ1v) is 10.8. The second-order valence-electron chi connectivity index (χ2n) is 6.62. The topological polar surface area (TPSA) is 108 Å². The zero-order chi connectivity index (χ0) is 20.7. The molecule has 1 aliphatic rings. The van der Waals surface area contributed by atoms with Gasteiger partial charge in [0.25, 0.3) is 5.91 Å². The third-order valence-corrected chi connectivity index (χ3v) is 6.36. The Morgan fingerprint density at radius 2 is 1.76 bits per heavy atom. The molecule has 8 nitrogen and oxygen atoms in total. The molecule has 0 unspecified atom stereocenters. The lowest BCUT2D eigenvalue weighted by Crippen LogP contribution is -2.49. The van der Waals surface area contributed by atoms with Crippen molar-refractivity contribution < 1.29 is 18.0 Å². The summed E-state index contributed by atoms with van der Waals surface area (Å²) in [5.41, 5.74) is 1.41. The van der Waals surface area contributed by atoms with Crippen LogP contribution in [0.15, 0.2) is 59.5 Å². The van der Waals surface area contributed by atoms with Crippen LogP contribution in [-0.4, -0.2) is 57.3 Å². The standard InChI is InChI=1S/C20H24N4O4S/c25-19-15-24(14-13-22-19)29(27,28)18-9-7-16(8-10-18)20(26)23-12-4-11-21-17-5-2-1-3-6-17/h1-3,5-10,21H,4,11-15H2,(H,22,25)(H,23,26). The second kappa shape index (κ2) is 9.53. The number of benzene rings is 2. The molecule has 29 heavy (non-hydrogen) atoms. The molecule has 1 aliphatic heterocycles. The zero-order valence-electron chi connectivity index (χ0n) is 15.9. The molecule has 0 aromatic heterocycles. The number of amides is 2. The second-order valence-corrected chi connectivity index (χ2v) is 8.55. The lowest BCUT2D eigenvalue weighted by molar-refractivity contribution is -0.122. The average molecular weight is 417 g/mol. The Kier molecular flexibility index (Phi) is 6.84. The van der Waals surface area contributed by atoms with Crippen molar-refractivity contribution in [1.29, 1.82) is 0 Å². The van der Waals surface area contributed by atoms with Gasteiger partial charge in [0.1, 0.15) is 0 Å². The minimum atomic E-state index is -3.76. The third-order valence-electron chi connectivity index (χ3n) is 4.50. The highest BCUT2D eigenvalue weighted by molar-refractivity contribution is 7.89. The molecule has 3 N–H and O–H groups in total. The molecule has 0 spiro atoms. The van der Waals surface area contributed by atoms with Crippen LogP contribution in [0.2, 0.25) is 0 Å². The summed E-state index contributed by atoms with van der Waals surface area (Å²) in [5, 5.41) is 8.68. The number of para-hydroxylation sites is 1. The van der Waals surface area contributed by atoms with E-state index in [4.69, 9.17) is 0 Å². The fourth-order valence-electron chi connectivity index (χ4n) is 2.93. The summed E-state index contributed by atoms with van der Waals surface area (Å²) in [5.74, 6) is -0.580. The molecule has 3 rings (SSSR count). The Hall–Kier alpha value is -2.91. The van der Waals surface area contributed by atoms with Gasteiger partial charge >= 0.3 is 0 Å². The molecule has 1 heterocycles. The largest absolute Gasteiger partial charge is 0.385 e. The van der Waals surface area contributed by atoms with Crippen LogP contribution < -0.4 is 16.0 Å². The van der Waals surface area contributed by atoms with Crippen LogP contribution in [0.1, 0.15) is 16.8 Å². The van der Waals surface area contributed by atoms with Gasteiger partial charge in [-0.2, -0.15) is 4.31 Å². The van der Waals surface area contributed by atoms with Gasteiger partial charge in [0.2, 0.25) is 15.9 Å². The van der Waals surface area contributed by atoms with Crippen LogP contribution in [-0.2, 0) is 14.8 Å². The van der Waals surface area contributed by atoms with E-state index in [9.17, 15) is 18.0 Å². The summed E-state index contributed by atoms with van der Waals surface area (Å²) in [7, 11) is -3.76. The smallest absolute Gasteiger partial charge is 0.251 e. The molecule has 0 atom stereocenters. The van der Waals surface area contributed by atoms with E-state index in [1.807, 2.05) is 30.3 Å². The number of rotatable bonds is 8. The van der Waals surface area contributed by atoms with E-state index in [1.54, 1.807) is 0 Å². The van der Waals surface area contributed by atoms with E-state index in [0.717, 1.165) is 23.0 Å². The Morgan fingerprint density at radius 3 is 2.45 bits per heavy atom. The number of hydrogen-bond donors (Lipinski definition) is 3. The Morgan fingerprint density at radius 1 is 1.03 bits per heavy atom. The monoisotopic (exact) mass is 416 g/mol. The maximum atomic E-state index is 12.6. The maximum absolute atomic E-state index is 12.6. The first-order chi connectivity index (χ1) is 14.0. The predicted molar refractivity (Wildman–Crippen MR) is 110 cm³/mol. The summed E-state index contributed by atoms with van der Waals surface area (Å²) < 4.78 is 26.4. The SMILES string of the molecule is O=C1CN(S(=O)(=O)c2ccc(C(=O)NCCCNc3ccccc3)cc2)CCN1. The minimum absolute atomic E-state index is 0.0656. The highest BCUT2D eigenvalue weighted by atomic mass is 32.2. The predicted octanol–water partition coefficient (Wildman–Crippen LogP) is 1.04. The lowest BCUT2D eigenvalue weighted by atomic mass is 10.2. The molecule has 1 saturated heterocycles. The van der Waals surface area contributed by atoms with Crippen molar-refractivity contribution >= 4 is 27.5 Å². The van der Waals surface area contributed by atoms with Gasteiger partial charge < -0.3 is 16.0 Å². The van der Waals surface area contributed by atoms with Crippen molar-refractivity contribution in [3.05, 3.63) is 60.2 Å². The van der Waals surface area contributed by atoms with E-state index >= 15 is 0 Å². The molecule has 1 fully saturated rings. The first kappa shape index (κ1) is 20.8. The summed E-state index contributed by atoms with van der Waals surface area (Å²) in [4.78, 5) is 23.8. The van der Waals surface area contributed by atoms with Gasteiger partial charge in [-0.1, -0.05) is 18.2 Å². The van der Waals surface area contributed by atoms with E-state index in [2.05, 4.69) is 16.0 Å². The normalized spacial score (nSPS) is 14.8. The van der Waals surface area contributed by atoms with Crippen LogP contribution in [0.3, 0.4) is 0 Å². The molecule has 0 saturated carbocycles. The summed E-state index contributed by atoms with van der Waals surface area (Å²) in [6.07, 6.45) is 0.754. The zero-order valence-corrected chi connectivity index (χ0v) is 16.7. The van der Waals surface area contributed by atoms with Gasteiger partial charge in [-0.15, -0.1) is 0 Å². The number of piperazine rings is 1. The number of carbonyl (C=O) groups is 2. The van der Waals surface area contributed by atoms with Crippen molar-refractivity contribution in [2.24, 2.45) is 0 Å². The highest BCUT2D eigenvalue weighted by Gasteiger charge is 2.29. The molecule has 2 aromatic rings. The van der Waals surface area contributed by atoms with Crippen molar-refractivity contribution in [3.8, 4) is 0 Å². The molecule has 0 radical (unpaired) electrons. The average Bonchev–Trinajstić information content (AvgIpc) is 2.74. The number of anilines is 1. The summed E-state index contributed by atoms with van der Waals surface area (Å²) in [6, 6.07) is 15.6. The van der Waals surface area contributed by atoms with Gasteiger partial charge in [-0.05, 0) is 42.8 Å². The van der Waals surface area contributed by atoms with Crippen molar-refractivity contribution in [3.63, 3.8) is 0 Å². The molecule has 0 bridgehead atoms. The number of nitrogens with zero attached hydrogens (tertiary/aromatic N) is 1. The van der Waals surface area contributed by atoms with Crippen LogP contribution >= 0.6 is 0 Å². The number of nitrogens with one attached hydrogen (secondary N) is 3. The van der Waals surface area contributed by atoms with Crippen molar-refractivity contribution in [1.82, 2.24) is 14.9 Å². The first-order valence-electron chi connectivity index (χ1n) is 9.41. The van der Waals surface area contributed by atoms with Gasteiger partial charge in [0, 0.05) is 37.4 Å². The van der Waals surface area contributed by atoms with E-state index < -0.39 is 10.0 Å². The molecule has 2 aromatic carbocycles. The van der Waals surface area contributed by atoms with E-state index in [-0.39, 0.29) is 36.3 Å². The molecule has 0 aliphatic carbocycles. The summed E-state index contributed by atoms with van der Waals surface area (Å²) in [6.45, 7) is 1.55. The van der Waals surface area contributed by atoms with E-state index in [0.29, 0.717) is 12.1 Å². The van der Waals surface area contributed by atoms with Gasteiger partial charge in [0.15, 0.2) is 0 Å². The quantitative estimate of drug-likeness (QED) is 0.558. The highest BCUT2D eigenvalue weighted by Crippen LogP contribution is 2.17. The maximum Gasteiger partial charge on any atom is 0.251 e. The molecule has 154 valence electrons. The third kappa shape index (κ3) is 5.55. The van der Waals surface area contributed by atoms with Crippen LogP contribution in [0, 0.1) is 0 Å². The van der Waals surface area contributed by atoms with Crippen LogP contribution in [0.25, 0.3) is 0 Å². The van der Waals surface area contributed by atoms with Crippen LogP contribution in [0.5, 0.6) is 0 Å². The number of hydrogen-bond acceptors (Lipinski definition) is 5. The number of sulfonamides is 1. The van der Waals surface area contributed by atoms with Crippen molar-refractivity contribution in [2.75, 3.05) is 38.0 Å². The minimum Gasteiger partial charge on any atom is -0.385 e. The van der Waals surface area contributed by atoms with Crippen LogP contribution in [0.4, 0.5) is 5.69 Å². The summed E-state index contributed by atoms with van der Waals surface area (Å²) >= 11 is 0. The van der Waals surface area contributed by atoms with Crippen molar-refractivity contribution in [2.45, 2.75) is 11.3 Å². The van der Waals surface area contributed by atoms with E-state index in [1.165, 1.54) is 24.3 Å². The number of carbonyl (C=O) groups excluding carboxylic acids is 2. The Balaban J connectivity index is 1.49. The Bertz CT molecular complexity index is 946. The van der Waals surface area contributed by atoms with Gasteiger partial charge in [-0.25, -0.2) is 8.42 Å². The molecule has 9 heteroatoms. The van der Waals surface area contributed by atoms with Gasteiger partial charge in [-0.3, -0.25) is 9.59 Å². The molecule has 2 amide bonds. The fourth-order valence-corrected chi connectivity index (χ4v) is 4.33. The van der Waals surface area contributed by atoms with Gasteiger partial charge in [0.05, 0.1) is 11.4 Å².